The highest BCUT2D eigenvalue weighted by molar-refractivity contribution is 7.89. The molecule has 1 saturated carbocycles. The van der Waals surface area contributed by atoms with Crippen LogP contribution in [0, 0.1) is 11.8 Å². The van der Waals surface area contributed by atoms with Crippen molar-refractivity contribution in [2.24, 2.45) is 17.0 Å². The molecule has 1 aliphatic carbocycles. The maximum atomic E-state index is 13.9. The Morgan fingerprint density at radius 3 is 2.62 bits per heavy atom. The number of alkyl halides is 2. The zero-order chi connectivity index (χ0) is 21.1. The van der Waals surface area contributed by atoms with E-state index in [9.17, 15) is 17.2 Å². The molecule has 160 valence electrons. The Bertz CT molecular complexity index is 913. The van der Waals surface area contributed by atoms with E-state index in [0.29, 0.717) is 5.75 Å². The second-order valence-corrected chi connectivity index (χ2v) is 9.38. The first-order chi connectivity index (χ1) is 13.6. The highest BCUT2D eigenvalue weighted by Gasteiger charge is 2.41. The van der Waals surface area contributed by atoms with Crippen LogP contribution in [0.3, 0.4) is 0 Å². The molecule has 0 spiro atoms. The first-order valence-electron chi connectivity index (χ1n) is 9.72. The van der Waals surface area contributed by atoms with Gasteiger partial charge in [-0.15, -0.1) is 0 Å². The largest absolute Gasteiger partial charge is 0.493 e. The van der Waals surface area contributed by atoms with Crippen LogP contribution in [0.1, 0.15) is 38.4 Å². The predicted octanol–water partition coefficient (Wildman–Crippen LogP) is 4.01. The standard InChI is InChI=1S/C20H26F2N2O4S/c1-2-17-11-19(24-28-17)15-3-5-18(6-4-15)27-13-16-12-20(21,22)9-7-14(16)8-10-29(23,25)26/h3-6,11,14,16H,2,7-10,12-13H2,1H3,(H2,23,25,26). The van der Waals surface area contributed by atoms with E-state index in [4.69, 9.17) is 14.4 Å². The van der Waals surface area contributed by atoms with Crippen molar-refractivity contribution in [3.8, 4) is 17.0 Å². The molecule has 0 bridgehead atoms. The monoisotopic (exact) mass is 428 g/mol. The third kappa shape index (κ3) is 6.24. The van der Waals surface area contributed by atoms with Crippen LogP contribution in [0.5, 0.6) is 5.75 Å². The molecule has 1 fully saturated rings. The molecule has 9 heteroatoms. The van der Waals surface area contributed by atoms with Gasteiger partial charge in [0.15, 0.2) is 0 Å². The zero-order valence-corrected chi connectivity index (χ0v) is 17.1. The van der Waals surface area contributed by atoms with Gasteiger partial charge in [0.2, 0.25) is 15.9 Å². The summed E-state index contributed by atoms with van der Waals surface area (Å²) in [6.07, 6.45) is 0.756. The second kappa shape index (κ2) is 8.79. The van der Waals surface area contributed by atoms with Crippen molar-refractivity contribution in [3.05, 3.63) is 36.1 Å². The Hall–Kier alpha value is -2.00. The lowest BCUT2D eigenvalue weighted by molar-refractivity contribution is -0.0770. The summed E-state index contributed by atoms with van der Waals surface area (Å²) in [4.78, 5) is 0. The van der Waals surface area contributed by atoms with Gasteiger partial charge < -0.3 is 9.26 Å². The summed E-state index contributed by atoms with van der Waals surface area (Å²) in [5.41, 5.74) is 1.60. The van der Waals surface area contributed by atoms with Crippen LogP contribution in [-0.4, -0.2) is 31.9 Å². The van der Waals surface area contributed by atoms with E-state index in [1.807, 2.05) is 25.1 Å². The first-order valence-corrected chi connectivity index (χ1v) is 11.4. The molecule has 2 atom stereocenters. The van der Waals surface area contributed by atoms with Crippen LogP contribution >= 0.6 is 0 Å². The maximum Gasteiger partial charge on any atom is 0.248 e. The second-order valence-electron chi connectivity index (χ2n) is 7.64. The minimum atomic E-state index is -3.62. The Morgan fingerprint density at radius 1 is 1.28 bits per heavy atom. The lowest BCUT2D eigenvalue weighted by atomic mass is 9.76. The van der Waals surface area contributed by atoms with E-state index in [-0.39, 0.29) is 44.0 Å². The molecule has 3 rings (SSSR count). The fraction of sp³-hybridized carbons (Fsp3) is 0.550. The van der Waals surface area contributed by atoms with Crippen LogP contribution in [-0.2, 0) is 16.4 Å². The first kappa shape index (κ1) is 21.7. The smallest absolute Gasteiger partial charge is 0.248 e. The van der Waals surface area contributed by atoms with Gasteiger partial charge in [-0.25, -0.2) is 22.3 Å². The number of rotatable bonds is 8. The van der Waals surface area contributed by atoms with Gasteiger partial charge in [-0.05, 0) is 43.0 Å². The van der Waals surface area contributed by atoms with Crippen LogP contribution in [0.2, 0.25) is 0 Å². The molecule has 0 saturated heterocycles. The molecule has 1 heterocycles. The zero-order valence-electron chi connectivity index (χ0n) is 16.3. The highest BCUT2D eigenvalue weighted by Crippen LogP contribution is 2.41. The quantitative estimate of drug-likeness (QED) is 0.685. The Morgan fingerprint density at radius 2 is 2.00 bits per heavy atom. The molecule has 6 nitrogen and oxygen atoms in total. The van der Waals surface area contributed by atoms with E-state index in [1.165, 1.54) is 0 Å². The maximum absolute atomic E-state index is 13.9. The number of benzene rings is 1. The number of nitrogens with two attached hydrogens (primary N) is 1. The van der Waals surface area contributed by atoms with Crippen molar-refractivity contribution in [2.45, 2.75) is 45.0 Å². The van der Waals surface area contributed by atoms with Crippen LogP contribution in [0.25, 0.3) is 11.3 Å². The van der Waals surface area contributed by atoms with E-state index < -0.39 is 21.9 Å². The summed E-state index contributed by atoms with van der Waals surface area (Å²) in [7, 11) is -3.62. The minimum absolute atomic E-state index is 0.105. The summed E-state index contributed by atoms with van der Waals surface area (Å²) in [6, 6.07) is 9.06. The number of hydrogen-bond donors (Lipinski definition) is 1. The van der Waals surface area contributed by atoms with E-state index in [2.05, 4.69) is 5.16 Å². The van der Waals surface area contributed by atoms with Gasteiger partial charge in [0.25, 0.3) is 0 Å². The van der Waals surface area contributed by atoms with Crippen molar-refractivity contribution in [1.82, 2.24) is 5.16 Å². The summed E-state index contributed by atoms with van der Waals surface area (Å²) >= 11 is 0. The normalized spacial score (nSPS) is 21.8. The molecule has 2 N–H and O–H groups in total. The molecule has 1 aliphatic rings. The van der Waals surface area contributed by atoms with Crippen molar-refractivity contribution in [2.75, 3.05) is 12.4 Å². The van der Waals surface area contributed by atoms with Gasteiger partial charge in [-0.3, -0.25) is 0 Å². The molecule has 0 aliphatic heterocycles. The molecule has 1 aromatic heterocycles. The van der Waals surface area contributed by atoms with Crippen molar-refractivity contribution in [1.29, 1.82) is 0 Å². The van der Waals surface area contributed by atoms with Gasteiger partial charge in [-0.2, -0.15) is 0 Å². The van der Waals surface area contributed by atoms with Crippen molar-refractivity contribution >= 4 is 10.0 Å². The molecule has 0 radical (unpaired) electrons. The summed E-state index contributed by atoms with van der Waals surface area (Å²) in [5.74, 6) is -2.18. The number of nitrogens with zero attached hydrogens (tertiary/aromatic N) is 1. The molecule has 2 unspecified atom stereocenters. The number of aromatic nitrogens is 1. The van der Waals surface area contributed by atoms with Crippen LogP contribution < -0.4 is 9.88 Å². The van der Waals surface area contributed by atoms with Crippen LogP contribution in [0.4, 0.5) is 8.78 Å². The number of hydrogen-bond acceptors (Lipinski definition) is 5. The minimum Gasteiger partial charge on any atom is -0.493 e. The summed E-state index contributed by atoms with van der Waals surface area (Å²) in [5, 5.41) is 9.08. The Labute approximate surface area is 169 Å². The number of ether oxygens (including phenoxy) is 1. The SMILES string of the molecule is CCc1cc(-c2ccc(OCC3CC(F)(F)CCC3CCS(N)(=O)=O)cc2)no1. The number of primary sulfonamides is 1. The molecule has 2 aromatic rings. The highest BCUT2D eigenvalue weighted by atomic mass is 32.2. The number of aryl methyl sites for hydroxylation is 1. The molecular formula is C20H26F2N2O4S. The lowest BCUT2D eigenvalue weighted by Gasteiger charge is -2.35. The lowest BCUT2D eigenvalue weighted by Crippen LogP contribution is -2.36. The Kier molecular flexibility index (Phi) is 6.58. The summed E-state index contributed by atoms with van der Waals surface area (Å²) in [6.45, 7) is 2.08. The summed E-state index contributed by atoms with van der Waals surface area (Å²) < 4.78 is 61.2. The van der Waals surface area contributed by atoms with Gasteiger partial charge in [-0.1, -0.05) is 12.1 Å². The molecule has 0 amide bonds. The van der Waals surface area contributed by atoms with E-state index in [0.717, 1.165) is 23.4 Å². The van der Waals surface area contributed by atoms with Crippen molar-refractivity contribution < 1.29 is 26.5 Å². The Balaban J connectivity index is 1.62. The number of halogens is 2. The van der Waals surface area contributed by atoms with Crippen LogP contribution in [0.15, 0.2) is 34.9 Å². The van der Waals surface area contributed by atoms with E-state index >= 15 is 0 Å². The van der Waals surface area contributed by atoms with Gasteiger partial charge in [0.05, 0.1) is 12.4 Å². The third-order valence-corrected chi connectivity index (χ3v) is 6.21. The van der Waals surface area contributed by atoms with Gasteiger partial charge in [0.1, 0.15) is 17.2 Å². The molecule has 29 heavy (non-hydrogen) atoms. The average Bonchev–Trinajstić information content (AvgIpc) is 3.14. The molecular weight excluding hydrogens is 402 g/mol. The fourth-order valence-corrected chi connectivity index (χ4v) is 4.35. The average molecular weight is 429 g/mol. The van der Waals surface area contributed by atoms with E-state index in [1.54, 1.807) is 12.1 Å². The van der Waals surface area contributed by atoms with Gasteiger partial charge in [0, 0.05) is 36.8 Å². The fourth-order valence-electron chi connectivity index (χ4n) is 3.72. The third-order valence-electron chi connectivity index (χ3n) is 5.40. The molecule has 1 aromatic carbocycles. The van der Waals surface area contributed by atoms with Gasteiger partial charge >= 0.3 is 0 Å². The predicted molar refractivity (Wildman–Crippen MR) is 105 cm³/mol. The number of sulfonamides is 1. The van der Waals surface area contributed by atoms with Crippen molar-refractivity contribution in [3.63, 3.8) is 0 Å². The topological polar surface area (TPSA) is 95.4 Å².